The minimum Gasteiger partial charge on any atom is -0.469 e. The summed E-state index contributed by atoms with van der Waals surface area (Å²) in [6.07, 6.45) is 3.28. The first-order valence-electron chi connectivity index (χ1n) is 13.2. The Labute approximate surface area is 233 Å². The van der Waals surface area contributed by atoms with Crippen LogP contribution in [0.15, 0.2) is 29.1 Å². The van der Waals surface area contributed by atoms with Crippen molar-refractivity contribution in [2.75, 3.05) is 39.6 Å². The van der Waals surface area contributed by atoms with Crippen molar-refractivity contribution >= 4 is 28.9 Å². The van der Waals surface area contributed by atoms with E-state index in [1.165, 1.54) is 11.7 Å². The van der Waals surface area contributed by atoms with Crippen LogP contribution in [0.5, 0.6) is 6.01 Å². The number of nitrogens with two attached hydrogens (primary N) is 1. The zero-order valence-corrected chi connectivity index (χ0v) is 23.3. The van der Waals surface area contributed by atoms with Gasteiger partial charge in [0.15, 0.2) is 11.5 Å². The number of imidazole rings is 1. The number of nitrogens with zero attached hydrogens (tertiary/aromatic N) is 4. The van der Waals surface area contributed by atoms with E-state index in [2.05, 4.69) is 43.8 Å². The molecule has 12 nitrogen and oxygen atoms in total. The highest BCUT2D eigenvalue weighted by atomic mass is 16.5. The number of rotatable bonds is 14. The zero-order valence-electron chi connectivity index (χ0n) is 23.3. The quantitative estimate of drug-likeness (QED) is 0.154. The summed E-state index contributed by atoms with van der Waals surface area (Å²) in [4.78, 5) is 49.1. The van der Waals surface area contributed by atoms with Gasteiger partial charge in [-0.1, -0.05) is 43.5 Å². The van der Waals surface area contributed by atoms with Gasteiger partial charge >= 0.3 is 17.7 Å². The number of aromatic nitrogens is 4. The number of anilines is 1. The van der Waals surface area contributed by atoms with Crippen molar-refractivity contribution in [3.63, 3.8) is 0 Å². The van der Waals surface area contributed by atoms with Crippen molar-refractivity contribution in [3.05, 3.63) is 45.9 Å². The lowest BCUT2D eigenvalue weighted by atomic mass is 10.1. The number of esters is 1. The minimum absolute atomic E-state index is 0.110. The summed E-state index contributed by atoms with van der Waals surface area (Å²) in [7, 11) is 3.18. The number of ether oxygens (including phenoxy) is 2. The van der Waals surface area contributed by atoms with Gasteiger partial charge in [-0.05, 0) is 31.0 Å². The smallest absolute Gasteiger partial charge is 0.327 e. The largest absolute Gasteiger partial charge is 0.469 e. The Morgan fingerprint density at radius 1 is 1.15 bits per heavy atom. The van der Waals surface area contributed by atoms with Crippen LogP contribution >= 0.6 is 0 Å². The number of carbonyl (C=O) groups is 2. The Morgan fingerprint density at radius 3 is 2.62 bits per heavy atom. The molecule has 4 N–H and O–H groups in total. The van der Waals surface area contributed by atoms with Gasteiger partial charge in [-0.3, -0.25) is 19.1 Å². The van der Waals surface area contributed by atoms with E-state index >= 15 is 0 Å². The molecule has 0 spiro atoms. The summed E-state index contributed by atoms with van der Waals surface area (Å²) < 4.78 is 11.7. The molecular weight excluding hydrogens is 514 g/mol. The third-order valence-electron chi connectivity index (χ3n) is 6.02. The van der Waals surface area contributed by atoms with E-state index in [1.807, 2.05) is 36.2 Å². The molecule has 0 saturated carbocycles. The molecule has 40 heavy (non-hydrogen) atoms. The summed E-state index contributed by atoms with van der Waals surface area (Å²) in [5, 5.41) is 2.89. The molecule has 0 unspecified atom stereocenters. The Kier molecular flexibility index (Phi) is 11.5. The van der Waals surface area contributed by atoms with Crippen molar-refractivity contribution < 1.29 is 19.1 Å². The summed E-state index contributed by atoms with van der Waals surface area (Å²) in [5.41, 5.74) is 8.29. The normalized spacial score (nSPS) is 10.8. The predicted molar refractivity (Wildman–Crippen MR) is 151 cm³/mol. The number of unbranched alkanes of at least 4 members (excludes halogenated alkanes) is 2. The third-order valence-corrected chi connectivity index (χ3v) is 6.02. The summed E-state index contributed by atoms with van der Waals surface area (Å²) in [6.45, 7) is 4.00. The number of nitrogens with one attached hydrogen (secondary N) is 2. The Hall–Kier alpha value is -4.37. The summed E-state index contributed by atoms with van der Waals surface area (Å²) in [5.74, 6) is 5.93. The molecule has 0 fully saturated rings. The molecule has 1 amide bonds. The second kappa shape index (κ2) is 15.3. The second-order valence-electron chi connectivity index (χ2n) is 9.35. The van der Waals surface area contributed by atoms with Gasteiger partial charge in [0.25, 0.3) is 0 Å². The van der Waals surface area contributed by atoms with Crippen LogP contribution in [0.25, 0.3) is 11.2 Å². The first kappa shape index (κ1) is 30.2. The molecule has 0 aliphatic heterocycles. The van der Waals surface area contributed by atoms with Gasteiger partial charge in [-0.2, -0.15) is 9.97 Å². The van der Waals surface area contributed by atoms with Crippen LogP contribution in [0, 0.1) is 11.8 Å². The van der Waals surface area contributed by atoms with Crippen LogP contribution < -0.4 is 21.5 Å². The number of hydrogen-bond acceptors (Lipinski definition) is 9. The number of amides is 1. The Morgan fingerprint density at radius 2 is 1.90 bits per heavy atom. The lowest BCUT2D eigenvalue weighted by Crippen LogP contribution is -2.35. The van der Waals surface area contributed by atoms with Gasteiger partial charge in [0.2, 0.25) is 5.91 Å². The van der Waals surface area contributed by atoms with E-state index in [4.69, 9.17) is 10.5 Å². The van der Waals surface area contributed by atoms with E-state index in [9.17, 15) is 14.4 Å². The molecule has 2 heterocycles. The monoisotopic (exact) mass is 551 g/mol. The van der Waals surface area contributed by atoms with E-state index in [1.54, 1.807) is 0 Å². The molecule has 0 bridgehead atoms. The van der Waals surface area contributed by atoms with Gasteiger partial charge < -0.3 is 25.5 Å². The average Bonchev–Trinajstić information content (AvgIpc) is 3.25. The van der Waals surface area contributed by atoms with Crippen molar-refractivity contribution in [2.45, 2.75) is 52.1 Å². The number of H-pyrrole nitrogens is 1. The molecule has 0 atom stereocenters. The van der Waals surface area contributed by atoms with Crippen molar-refractivity contribution in [1.82, 2.24) is 29.7 Å². The molecule has 214 valence electrons. The van der Waals surface area contributed by atoms with Gasteiger partial charge in [-0.25, -0.2) is 4.79 Å². The van der Waals surface area contributed by atoms with Crippen LogP contribution in [0.4, 0.5) is 5.82 Å². The Bertz CT molecular complexity index is 1400. The maximum absolute atomic E-state index is 12.4. The lowest BCUT2D eigenvalue weighted by Gasteiger charge is -2.13. The highest BCUT2D eigenvalue weighted by Crippen LogP contribution is 2.18. The predicted octanol–water partition coefficient (Wildman–Crippen LogP) is 1.63. The first-order valence-corrected chi connectivity index (χ1v) is 13.2. The molecule has 3 aromatic rings. The molecular formula is C28H37N7O5. The number of likely N-dealkylation sites (N-methyl/N-ethyl adjacent to an activating group) is 1. The average molecular weight is 552 g/mol. The number of carbonyl (C=O) groups excluding carboxylic acids is 2. The molecule has 0 aliphatic rings. The van der Waals surface area contributed by atoms with Crippen molar-refractivity contribution in [1.29, 1.82) is 0 Å². The van der Waals surface area contributed by atoms with Crippen LogP contribution in [0.3, 0.4) is 0 Å². The lowest BCUT2D eigenvalue weighted by molar-refractivity contribution is -0.139. The third kappa shape index (κ3) is 9.13. The van der Waals surface area contributed by atoms with E-state index in [0.29, 0.717) is 50.2 Å². The fraction of sp³-hybridized carbons (Fsp3) is 0.464. The molecule has 1 aromatic carbocycles. The molecule has 0 saturated heterocycles. The number of hydrogen-bond donors (Lipinski definition) is 3. The zero-order chi connectivity index (χ0) is 28.9. The highest BCUT2D eigenvalue weighted by Gasteiger charge is 2.14. The first-order chi connectivity index (χ1) is 19.3. The number of fused-ring (bicyclic) bond motifs is 1. The van der Waals surface area contributed by atoms with E-state index in [0.717, 1.165) is 24.0 Å². The van der Waals surface area contributed by atoms with Crippen LogP contribution in [-0.4, -0.2) is 70.1 Å². The van der Waals surface area contributed by atoms with Crippen LogP contribution in [0.2, 0.25) is 0 Å². The van der Waals surface area contributed by atoms with Gasteiger partial charge in [0, 0.05) is 19.5 Å². The van der Waals surface area contributed by atoms with Gasteiger partial charge in [0.05, 0.1) is 33.2 Å². The minimum atomic E-state index is -0.308. The number of aromatic amines is 1. The van der Waals surface area contributed by atoms with E-state index < -0.39 is 0 Å². The fourth-order valence-electron chi connectivity index (χ4n) is 3.79. The molecule has 12 heteroatoms. The van der Waals surface area contributed by atoms with Crippen molar-refractivity contribution in [2.24, 2.45) is 0 Å². The number of benzene rings is 1. The maximum atomic E-state index is 12.4. The molecule has 0 aliphatic carbocycles. The molecule has 0 radical (unpaired) electrons. The number of nitrogen functional groups attached to an aromatic ring is 1. The van der Waals surface area contributed by atoms with Crippen molar-refractivity contribution in [3.8, 4) is 17.9 Å². The van der Waals surface area contributed by atoms with Crippen LogP contribution in [-0.2, 0) is 33.8 Å². The standard InChI is InChI=1S/C28H37N7O5/c1-4-5-16-40-27-32-25(29)24-26(33-27)35(28(38)31-24)15-9-7-6-8-14-34(2)19-22(36)30-18-21-12-10-20(11-13-21)17-23(37)39-3/h10-13H,4-5,7,9,14-19H2,1-3H3,(H,30,36)(H,31,38)(H2,29,32,33). The Balaban J connectivity index is 1.40. The molecule has 3 rings (SSSR count). The maximum Gasteiger partial charge on any atom is 0.327 e. The fourth-order valence-corrected chi connectivity index (χ4v) is 3.79. The molecule has 2 aromatic heterocycles. The van der Waals surface area contributed by atoms with E-state index in [-0.39, 0.29) is 42.4 Å². The topological polar surface area (TPSA) is 157 Å². The van der Waals surface area contributed by atoms with Crippen LogP contribution in [0.1, 0.15) is 43.7 Å². The number of aryl methyl sites for hydroxylation is 1. The number of methoxy groups -OCH3 is 1. The summed E-state index contributed by atoms with van der Waals surface area (Å²) in [6, 6.07) is 7.60. The second-order valence-corrected chi connectivity index (χ2v) is 9.35. The SMILES string of the molecule is CCCCOc1nc(N)c2[nH]c(=O)n(CCCC#CCN(C)CC(=O)NCc3ccc(CC(=O)OC)cc3)c2n1. The summed E-state index contributed by atoms with van der Waals surface area (Å²) >= 11 is 0. The van der Waals surface area contributed by atoms with Gasteiger partial charge in [-0.15, -0.1) is 5.92 Å². The highest BCUT2D eigenvalue weighted by molar-refractivity contribution is 5.81. The van der Waals surface area contributed by atoms with Gasteiger partial charge in [0.1, 0.15) is 5.52 Å².